The second-order valence-corrected chi connectivity index (χ2v) is 9.12. The molecule has 0 spiro atoms. The molecular weight excluding hydrogens is 392 g/mol. The highest BCUT2D eigenvalue weighted by atomic mass is 16.5. The molecule has 3 aromatic rings. The highest BCUT2D eigenvalue weighted by Gasteiger charge is 2.33. The molecule has 2 aromatic heterocycles. The zero-order chi connectivity index (χ0) is 22.0. The fourth-order valence-electron chi connectivity index (χ4n) is 3.94. The molecule has 4 rings (SSSR count). The van der Waals surface area contributed by atoms with Crippen molar-refractivity contribution in [1.29, 1.82) is 0 Å². The number of aromatic nitrogens is 3. The van der Waals surface area contributed by atoms with Gasteiger partial charge in [0.25, 0.3) is 5.91 Å². The number of oxazole rings is 1. The number of ether oxygens (including phenoxy) is 1. The Morgan fingerprint density at radius 3 is 2.87 bits per heavy atom. The monoisotopic (exact) mass is 422 g/mol. The molecule has 0 radical (unpaired) electrons. The standard InChI is InChI=1S/C24H30N4O3/c1-24(2,3)21-14-19(26-27-21)23(29)28-11-6-5-10-20(28)22-25-15-18(31-22)13-16-8-7-9-17(12-16)30-4/h7-9,12,14-15,20H,5-6,10-11,13H2,1-4H3,(H,26,27)/t20-/m1/s1. The molecule has 1 saturated heterocycles. The molecule has 1 aliphatic rings. The first kappa shape index (κ1) is 21.2. The van der Waals surface area contributed by atoms with Crippen molar-refractivity contribution in [2.24, 2.45) is 0 Å². The number of rotatable bonds is 5. The Morgan fingerprint density at radius 1 is 1.29 bits per heavy atom. The van der Waals surface area contributed by atoms with E-state index in [0.29, 0.717) is 24.6 Å². The van der Waals surface area contributed by atoms with Gasteiger partial charge < -0.3 is 14.1 Å². The Labute approximate surface area is 182 Å². The van der Waals surface area contributed by atoms with Crippen LogP contribution in [0.5, 0.6) is 5.75 Å². The van der Waals surface area contributed by atoms with Crippen molar-refractivity contribution in [3.63, 3.8) is 0 Å². The number of H-pyrrole nitrogens is 1. The minimum atomic E-state index is -0.171. The minimum absolute atomic E-state index is 0.0796. The number of aromatic amines is 1. The van der Waals surface area contributed by atoms with Crippen molar-refractivity contribution >= 4 is 5.91 Å². The molecule has 1 aromatic carbocycles. The van der Waals surface area contributed by atoms with E-state index >= 15 is 0 Å². The lowest BCUT2D eigenvalue weighted by atomic mass is 9.92. The molecule has 1 amide bonds. The lowest BCUT2D eigenvalue weighted by Crippen LogP contribution is -2.38. The maximum atomic E-state index is 13.3. The van der Waals surface area contributed by atoms with Gasteiger partial charge >= 0.3 is 0 Å². The van der Waals surface area contributed by atoms with E-state index in [0.717, 1.165) is 42.0 Å². The summed E-state index contributed by atoms with van der Waals surface area (Å²) >= 11 is 0. The van der Waals surface area contributed by atoms with Crippen LogP contribution in [-0.2, 0) is 11.8 Å². The molecule has 7 heteroatoms. The van der Waals surface area contributed by atoms with Gasteiger partial charge in [-0.1, -0.05) is 32.9 Å². The Bertz CT molecular complexity index is 1050. The number of methoxy groups -OCH3 is 1. The van der Waals surface area contributed by atoms with E-state index in [9.17, 15) is 4.79 Å². The number of nitrogens with zero attached hydrogens (tertiary/aromatic N) is 3. The van der Waals surface area contributed by atoms with E-state index in [2.05, 4.69) is 36.0 Å². The van der Waals surface area contributed by atoms with Gasteiger partial charge in [0, 0.05) is 24.1 Å². The molecule has 31 heavy (non-hydrogen) atoms. The maximum absolute atomic E-state index is 13.3. The Kier molecular flexibility index (Phi) is 5.85. The van der Waals surface area contributed by atoms with E-state index in [1.54, 1.807) is 13.3 Å². The summed E-state index contributed by atoms with van der Waals surface area (Å²) in [6.07, 6.45) is 5.23. The van der Waals surface area contributed by atoms with Gasteiger partial charge in [0.05, 0.1) is 13.3 Å². The van der Waals surface area contributed by atoms with Gasteiger partial charge in [0.1, 0.15) is 23.2 Å². The maximum Gasteiger partial charge on any atom is 0.275 e. The predicted molar refractivity (Wildman–Crippen MR) is 117 cm³/mol. The first-order valence-corrected chi connectivity index (χ1v) is 10.8. The van der Waals surface area contributed by atoms with Gasteiger partial charge in [-0.2, -0.15) is 5.10 Å². The predicted octanol–water partition coefficient (Wildman–Crippen LogP) is 4.66. The van der Waals surface area contributed by atoms with Crippen molar-refractivity contribution in [3.8, 4) is 5.75 Å². The van der Waals surface area contributed by atoms with Gasteiger partial charge in [-0.25, -0.2) is 4.98 Å². The van der Waals surface area contributed by atoms with Crippen molar-refractivity contribution in [2.45, 2.75) is 57.9 Å². The van der Waals surface area contributed by atoms with Crippen LogP contribution >= 0.6 is 0 Å². The molecule has 0 aliphatic carbocycles. The SMILES string of the molecule is COc1cccc(Cc2cnc([C@H]3CCCCN3C(=O)c3cc(C(C)(C)C)[nH]n3)o2)c1. The van der Waals surface area contributed by atoms with Crippen LogP contribution in [0.1, 0.15) is 79.5 Å². The fourth-order valence-corrected chi connectivity index (χ4v) is 3.94. The van der Waals surface area contributed by atoms with Gasteiger partial charge in [-0.05, 0) is 43.0 Å². The number of amides is 1. The molecule has 1 aliphatic heterocycles. The van der Waals surface area contributed by atoms with Gasteiger partial charge in [-0.15, -0.1) is 0 Å². The normalized spacial score (nSPS) is 17.0. The summed E-state index contributed by atoms with van der Waals surface area (Å²) in [6, 6.07) is 9.59. The molecule has 1 atom stereocenters. The minimum Gasteiger partial charge on any atom is -0.497 e. The molecule has 0 saturated carbocycles. The number of hydrogen-bond acceptors (Lipinski definition) is 5. The summed E-state index contributed by atoms with van der Waals surface area (Å²) in [5.74, 6) is 2.10. The van der Waals surface area contributed by atoms with Gasteiger partial charge in [-0.3, -0.25) is 9.89 Å². The average molecular weight is 423 g/mol. The van der Waals surface area contributed by atoms with E-state index in [1.807, 2.05) is 35.2 Å². The molecule has 0 bridgehead atoms. The molecule has 0 unspecified atom stereocenters. The van der Waals surface area contributed by atoms with Crippen molar-refractivity contribution < 1.29 is 13.9 Å². The van der Waals surface area contributed by atoms with E-state index in [-0.39, 0.29) is 17.4 Å². The fraction of sp³-hybridized carbons (Fsp3) is 0.458. The Hall–Kier alpha value is -3.09. The summed E-state index contributed by atoms with van der Waals surface area (Å²) in [6.45, 7) is 6.95. The highest BCUT2D eigenvalue weighted by Crippen LogP contribution is 2.32. The molecule has 1 N–H and O–H groups in total. The largest absolute Gasteiger partial charge is 0.497 e. The Morgan fingerprint density at radius 2 is 2.13 bits per heavy atom. The summed E-state index contributed by atoms with van der Waals surface area (Å²) in [4.78, 5) is 19.6. The summed E-state index contributed by atoms with van der Waals surface area (Å²) < 4.78 is 11.4. The van der Waals surface area contributed by atoms with Crippen molar-refractivity contribution in [1.82, 2.24) is 20.1 Å². The first-order chi connectivity index (χ1) is 14.8. The van der Waals surface area contributed by atoms with Gasteiger partial charge in [0.2, 0.25) is 5.89 Å². The zero-order valence-electron chi connectivity index (χ0n) is 18.6. The third kappa shape index (κ3) is 4.65. The summed E-state index contributed by atoms with van der Waals surface area (Å²) in [5.41, 5.74) is 2.38. The number of benzene rings is 1. The lowest BCUT2D eigenvalue weighted by Gasteiger charge is -2.33. The molecule has 7 nitrogen and oxygen atoms in total. The molecule has 164 valence electrons. The van der Waals surface area contributed by atoms with Crippen LogP contribution in [0.3, 0.4) is 0 Å². The third-order valence-electron chi connectivity index (χ3n) is 5.74. The van der Waals surface area contributed by atoms with Crippen LogP contribution in [0.15, 0.2) is 40.9 Å². The lowest BCUT2D eigenvalue weighted by molar-refractivity contribution is 0.0564. The van der Waals surface area contributed by atoms with Crippen LogP contribution in [0.25, 0.3) is 0 Å². The van der Waals surface area contributed by atoms with Crippen LogP contribution in [0.4, 0.5) is 0 Å². The van der Waals surface area contributed by atoms with Crippen molar-refractivity contribution in [3.05, 3.63) is 65.1 Å². The summed E-state index contributed by atoms with van der Waals surface area (Å²) in [7, 11) is 1.66. The number of likely N-dealkylation sites (tertiary alicyclic amines) is 1. The average Bonchev–Trinajstić information content (AvgIpc) is 3.43. The quantitative estimate of drug-likeness (QED) is 0.646. The molecular formula is C24H30N4O3. The smallest absolute Gasteiger partial charge is 0.275 e. The second-order valence-electron chi connectivity index (χ2n) is 9.12. The Balaban J connectivity index is 1.52. The van der Waals surface area contributed by atoms with E-state index in [4.69, 9.17) is 9.15 Å². The van der Waals surface area contributed by atoms with Crippen LogP contribution in [0.2, 0.25) is 0 Å². The number of carbonyl (C=O) groups is 1. The van der Waals surface area contributed by atoms with E-state index in [1.165, 1.54) is 0 Å². The number of carbonyl (C=O) groups excluding carboxylic acids is 1. The second kappa shape index (κ2) is 8.57. The number of nitrogens with one attached hydrogen (secondary N) is 1. The third-order valence-corrected chi connectivity index (χ3v) is 5.74. The van der Waals surface area contributed by atoms with Crippen LogP contribution < -0.4 is 4.74 Å². The zero-order valence-corrected chi connectivity index (χ0v) is 18.6. The molecule has 3 heterocycles. The van der Waals surface area contributed by atoms with Crippen LogP contribution in [-0.4, -0.2) is 39.6 Å². The molecule has 1 fully saturated rings. The van der Waals surface area contributed by atoms with E-state index < -0.39 is 0 Å². The van der Waals surface area contributed by atoms with Crippen molar-refractivity contribution in [2.75, 3.05) is 13.7 Å². The summed E-state index contributed by atoms with van der Waals surface area (Å²) in [5, 5.41) is 7.30. The number of piperidine rings is 1. The highest BCUT2D eigenvalue weighted by molar-refractivity contribution is 5.92. The number of hydrogen-bond donors (Lipinski definition) is 1. The topological polar surface area (TPSA) is 84.2 Å². The van der Waals surface area contributed by atoms with Crippen LogP contribution in [0, 0.1) is 0 Å². The first-order valence-electron chi connectivity index (χ1n) is 10.8. The van der Waals surface area contributed by atoms with Gasteiger partial charge in [0.15, 0.2) is 0 Å².